The SMILES string of the molecule is N=C(N)c1cc2c(nc1Oc1cncc(Br)c1)CCCC2. The number of hydrogen-bond donors (Lipinski definition) is 2. The molecule has 0 saturated heterocycles. The van der Waals surface area contributed by atoms with Crippen LogP contribution in [0.1, 0.15) is 29.7 Å². The minimum Gasteiger partial charge on any atom is -0.437 e. The van der Waals surface area contributed by atoms with E-state index in [1.807, 2.05) is 6.07 Å². The third-order valence-corrected chi connectivity index (χ3v) is 3.88. The zero-order chi connectivity index (χ0) is 14.8. The number of nitrogens with zero attached hydrogens (tertiary/aromatic N) is 2. The van der Waals surface area contributed by atoms with Gasteiger partial charge in [-0.25, -0.2) is 4.98 Å². The number of rotatable bonds is 3. The highest BCUT2D eigenvalue weighted by atomic mass is 79.9. The van der Waals surface area contributed by atoms with Crippen molar-refractivity contribution >= 4 is 21.8 Å². The van der Waals surface area contributed by atoms with Crippen LogP contribution >= 0.6 is 15.9 Å². The van der Waals surface area contributed by atoms with Gasteiger partial charge in [-0.05, 0) is 59.3 Å². The van der Waals surface area contributed by atoms with Gasteiger partial charge in [-0.15, -0.1) is 0 Å². The van der Waals surface area contributed by atoms with Crippen molar-refractivity contribution < 1.29 is 4.74 Å². The minimum absolute atomic E-state index is 0.0335. The number of nitrogens with two attached hydrogens (primary N) is 1. The van der Waals surface area contributed by atoms with Crippen LogP contribution in [-0.2, 0) is 12.8 Å². The molecule has 2 aromatic rings. The molecule has 0 aliphatic heterocycles. The van der Waals surface area contributed by atoms with E-state index in [2.05, 4.69) is 25.9 Å². The highest BCUT2D eigenvalue weighted by Gasteiger charge is 2.18. The summed E-state index contributed by atoms with van der Waals surface area (Å²) in [6.07, 6.45) is 7.51. The van der Waals surface area contributed by atoms with Crippen molar-refractivity contribution in [3.8, 4) is 11.6 Å². The third-order valence-electron chi connectivity index (χ3n) is 3.45. The lowest BCUT2D eigenvalue weighted by Crippen LogP contribution is -2.16. The fourth-order valence-electron chi connectivity index (χ4n) is 2.45. The lowest BCUT2D eigenvalue weighted by Gasteiger charge is -2.18. The van der Waals surface area contributed by atoms with E-state index in [0.29, 0.717) is 17.2 Å². The van der Waals surface area contributed by atoms with E-state index in [1.54, 1.807) is 18.5 Å². The highest BCUT2D eigenvalue weighted by molar-refractivity contribution is 9.10. The zero-order valence-electron chi connectivity index (χ0n) is 11.4. The van der Waals surface area contributed by atoms with Crippen molar-refractivity contribution in [1.29, 1.82) is 5.41 Å². The molecule has 21 heavy (non-hydrogen) atoms. The molecule has 0 saturated carbocycles. The van der Waals surface area contributed by atoms with Gasteiger partial charge in [0.05, 0.1) is 11.8 Å². The average molecular weight is 347 g/mol. The maximum atomic E-state index is 7.73. The summed E-state index contributed by atoms with van der Waals surface area (Å²) in [7, 11) is 0. The van der Waals surface area contributed by atoms with Crippen LogP contribution in [0.15, 0.2) is 29.0 Å². The Morgan fingerprint density at radius 1 is 1.24 bits per heavy atom. The molecule has 0 radical (unpaired) electrons. The molecule has 0 spiro atoms. The molecule has 0 atom stereocenters. The van der Waals surface area contributed by atoms with E-state index in [4.69, 9.17) is 15.9 Å². The van der Waals surface area contributed by atoms with E-state index in [9.17, 15) is 0 Å². The van der Waals surface area contributed by atoms with Crippen LogP contribution in [0.2, 0.25) is 0 Å². The lowest BCUT2D eigenvalue weighted by atomic mass is 9.95. The monoisotopic (exact) mass is 346 g/mol. The van der Waals surface area contributed by atoms with Gasteiger partial charge >= 0.3 is 0 Å². The predicted octanol–water partition coefficient (Wildman–Crippen LogP) is 3.19. The van der Waals surface area contributed by atoms with Crippen molar-refractivity contribution in [3.63, 3.8) is 0 Å². The number of halogens is 1. The molecule has 0 aromatic carbocycles. The van der Waals surface area contributed by atoms with Gasteiger partial charge in [0.15, 0.2) is 0 Å². The van der Waals surface area contributed by atoms with Gasteiger partial charge < -0.3 is 10.5 Å². The van der Waals surface area contributed by atoms with E-state index >= 15 is 0 Å². The molecule has 2 heterocycles. The first-order valence-corrected chi connectivity index (χ1v) is 7.58. The molecule has 108 valence electrons. The topological polar surface area (TPSA) is 84.9 Å². The van der Waals surface area contributed by atoms with Crippen LogP contribution in [0, 0.1) is 5.41 Å². The van der Waals surface area contributed by atoms with Crippen LogP contribution in [0.4, 0.5) is 0 Å². The molecule has 1 aliphatic rings. The first-order chi connectivity index (χ1) is 10.1. The van der Waals surface area contributed by atoms with Gasteiger partial charge in [0, 0.05) is 16.4 Å². The van der Waals surface area contributed by atoms with Gasteiger partial charge in [-0.2, -0.15) is 0 Å². The Bertz CT molecular complexity index is 702. The summed E-state index contributed by atoms with van der Waals surface area (Å²) >= 11 is 3.35. The molecule has 0 amide bonds. The quantitative estimate of drug-likeness (QED) is 0.660. The van der Waals surface area contributed by atoms with Crippen LogP contribution in [0.25, 0.3) is 0 Å². The Balaban J connectivity index is 2.01. The van der Waals surface area contributed by atoms with E-state index < -0.39 is 0 Å². The summed E-state index contributed by atoms with van der Waals surface area (Å²) in [5, 5.41) is 7.73. The average Bonchev–Trinajstić information content (AvgIpc) is 2.46. The van der Waals surface area contributed by atoms with Gasteiger partial charge in [0.25, 0.3) is 0 Å². The first-order valence-electron chi connectivity index (χ1n) is 6.79. The maximum Gasteiger partial charge on any atom is 0.230 e. The molecule has 0 fully saturated rings. The Morgan fingerprint density at radius 3 is 2.81 bits per heavy atom. The molecule has 5 nitrogen and oxygen atoms in total. The second-order valence-electron chi connectivity index (χ2n) is 5.01. The van der Waals surface area contributed by atoms with E-state index in [1.165, 1.54) is 5.56 Å². The smallest absolute Gasteiger partial charge is 0.230 e. The highest BCUT2D eigenvalue weighted by Crippen LogP contribution is 2.29. The second kappa shape index (κ2) is 5.81. The van der Waals surface area contributed by atoms with Crippen LogP contribution in [-0.4, -0.2) is 15.8 Å². The molecule has 3 N–H and O–H groups in total. The number of fused-ring (bicyclic) bond motifs is 1. The Kier molecular flexibility index (Phi) is 3.88. The third kappa shape index (κ3) is 3.05. The predicted molar refractivity (Wildman–Crippen MR) is 83.9 cm³/mol. The largest absolute Gasteiger partial charge is 0.437 e. The van der Waals surface area contributed by atoms with Gasteiger partial charge in [0.1, 0.15) is 11.6 Å². The zero-order valence-corrected chi connectivity index (χ0v) is 13.0. The fourth-order valence-corrected chi connectivity index (χ4v) is 2.79. The van der Waals surface area contributed by atoms with Crippen LogP contribution in [0.5, 0.6) is 11.6 Å². The normalized spacial score (nSPS) is 13.6. The molecule has 2 aromatic heterocycles. The number of aryl methyl sites for hydroxylation is 2. The van der Waals surface area contributed by atoms with Gasteiger partial charge in [-0.1, -0.05) is 0 Å². The summed E-state index contributed by atoms with van der Waals surface area (Å²) in [5.41, 5.74) is 8.43. The number of amidine groups is 1. The number of nitrogens with one attached hydrogen (secondary N) is 1. The van der Waals surface area contributed by atoms with Crippen molar-refractivity contribution in [2.24, 2.45) is 5.73 Å². The lowest BCUT2D eigenvalue weighted by molar-refractivity contribution is 0.454. The van der Waals surface area contributed by atoms with Crippen molar-refractivity contribution in [3.05, 3.63) is 45.8 Å². The Labute approximate surface area is 131 Å². The molecular formula is C15H15BrN4O. The number of ether oxygens (including phenoxy) is 1. The van der Waals surface area contributed by atoms with Gasteiger partial charge in [-0.3, -0.25) is 10.4 Å². The number of hydrogen-bond acceptors (Lipinski definition) is 4. The number of pyridine rings is 2. The summed E-state index contributed by atoms with van der Waals surface area (Å²) in [4.78, 5) is 8.63. The fraction of sp³-hybridized carbons (Fsp3) is 0.267. The van der Waals surface area contributed by atoms with Crippen LogP contribution in [0.3, 0.4) is 0 Å². The summed E-state index contributed by atoms with van der Waals surface area (Å²) < 4.78 is 6.61. The number of aromatic nitrogens is 2. The molecule has 6 heteroatoms. The first kappa shape index (κ1) is 14.0. The summed E-state index contributed by atoms with van der Waals surface area (Å²) in [6.45, 7) is 0. The van der Waals surface area contributed by atoms with Crippen molar-refractivity contribution in [1.82, 2.24) is 9.97 Å². The Hall–Kier alpha value is -1.95. The second-order valence-corrected chi connectivity index (χ2v) is 5.92. The maximum absolute atomic E-state index is 7.73. The molecule has 0 unspecified atom stereocenters. The molecular weight excluding hydrogens is 332 g/mol. The standard InChI is InChI=1S/C15H15BrN4O/c16-10-6-11(8-19-7-10)21-15-12(14(17)18)5-9-3-1-2-4-13(9)20-15/h5-8H,1-4H2,(H3,17,18). The van der Waals surface area contributed by atoms with E-state index in [-0.39, 0.29) is 5.84 Å². The van der Waals surface area contributed by atoms with Crippen molar-refractivity contribution in [2.75, 3.05) is 0 Å². The van der Waals surface area contributed by atoms with Gasteiger partial charge in [0.2, 0.25) is 5.88 Å². The number of nitrogen functional groups attached to an aromatic ring is 1. The van der Waals surface area contributed by atoms with Crippen molar-refractivity contribution in [2.45, 2.75) is 25.7 Å². The van der Waals surface area contributed by atoms with E-state index in [0.717, 1.165) is 35.8 Å². The van der Waals surface area contributed by atoms with Crippen LogP contribution < -0.4 is 10.5 Å². The minimum atomic E-state index is -0.0335. The molecule has 1 aliphatic carbocycles. The summed E-state index contributed by atoms with van der Waals surface area (Å²) in [6, 6.07) is 3.74. The summed E-state index contributed by atoms with van der Waals surface area (Å²) in [5.74, 6) is 0.909. The molecule has 3 rings (SSSR count). The molecule has 0 bridgehead atoms. The Morgan fingerprint density at radius 2 is 2.05 bits per heavy atom.